The Hall–Kier alpha value is -1.90. The molecule has 0 saturated carbocycles. The highest BCUT2D eigenvalue weighted by atomic mass is 32.2. The van der Waals surface area contributed by atoms with Gasteiger partial charge in [0.15, 0.2) is 0 Å². The third-order valence-corrected chi connectivity index (χ3v) is 7.29. The monoisotopic (exact) mass is 436 g/mol. The first-order valence-electron chi connectivity index (χ1n) is 10.4. The lowest BCUT2D eigenvalue weighted by molar-refractivity contribution is 0.219. The van der Waals surface area contributed by atoms with Gasteiger partial charge in [0, 0.05) is 58.0 Å². The lowest BCUT2D eigenvalue weighted by Gasteiger charge is -2.37. The van der Waals surface area contributed by atoms with Crippen LogP contribution in [0.3, 0.4) is 0 Å². The Labute approximate surface area is 182 Å². The number of hydrogen-bond donors (Lipinski definition) is 0. The van der Waals surface area contributed by atoms with Gasteiger partial charge in [-0.05, 0) is 37.5 Å². The molecule has 168 valence electrons. The molecular formula is C22H36N4O3S. The van der Waals surface area contributed by atoms with Crippen molar-refractivity contribution < 1.29 is 13.2 Å². The van der Waals surface area contributed by atoms with Gasteiger partial charge >= 0.3 is 0 Å². The summed E-state index contributed by atoms with van der Waals surface area (Å²) in [5.74, 6) is 1.61. The Kier molecular flexibility index (Phi) is 8.46. The van der Waals surface area contributed by atoms with E-state index in [4.69, 9.17) is 9.73 Å². The summed E-state index contributed by atoms with van der Waals surface area (Å²) < 4.78 is 33.3. The second-order valence-corrected chi connectivity index (χ2v) is 10.1. The lowest BCUT2D eigenvalue weighted by atomic mass is 10.0. The van der Waals surface area contributed by atoms with Crippen LogP contribution < -0.4 is 0 Å². The Bertz CT molecular complexity index is 874. The van der Waals surface area contributed by atoms with E-state index in [2.05, 4.69) is 31.4 Å². The van der Waals surface area contributed by atoms with Crippen molar-refractivity contribution in [3.63, 3.8) is 0 Å². The summed E-state index contributed by atoms with van der Waals surface area (Å²) in [6.07, 6.45) is 7.02. The zero-order chi connectivity index (χ0) is 22.5. The van der Waals surface area contributed by atoms with Gasteiger partial charge in [-0.25, -0.2) is 4.99 Å². The molecule has 0 N–H and O–H groups in total. The van der Waals surface area contributed by atoms with Gasteiger partial charge in [-0.3, -0.25) is 0 Å². The molecule has 7 nitrogen and oxygen atoms in total. The topological polar surface area (TPSA) is 65.5 Å². The van der Waals surface area contributed by atoms with Crippen LogP contribution in [0.5, 0.6) is 0 Å². The SMILES string of the molecule is C=C(C)/C(=C\C1=C(N2CCN(S(=O)(=O)N(C)C)CC2)N=C(CCC)CC=C1C)OC. The molecule has 2 aliphatic heterocycles. The van der Waals surface area contributed by atoms with Crippen LogP contribution >= 0.6 is 0 Å². The van der Waals surface area contributed by atoms with E-state index < -0.39 is 10.2 Å². The lowest BCUT2D eigenvalue weighted by Crippen LogP contribution is -2.51. The van der Waals surface area contributed by atoms with Crippen molar-refractivity contribution >= 4 is 15.9 Å². The molecule has 0 aromatic rings. The normalized spacial score (nSPS) is 19.6. The van der Waals surface area contributed by atoms with E-state index in [1.807, 2.05) is 13.0 Å². The van der Waals surface area contributed by atoms with E-state index in [0.717, 1.165) is 53.3 Å². The van der Waals surface area contributed by atoms with Gasteiger partial charge in [-0.2, -0.15) is 17.0 Å². The molecule has 0 aromatic carbocycles. The molecule has 0 aromatic heterocycles. The molecule has 2 heterocycles. The summed E-state index contributed by atoms with van der Waals surface area (Å²) in [4.78, 5) is 7.24. The van der Waals surface area contributed by atoms with E-state index in [-0.39, 0.29) is 0 Å². The van der Waals surface area contributed by atoms with Crippen LogP contribution in [0.25, 0.3) is 0 Å². The van der Waals surface area contributed by atoms with Gasteiger partial charge in [0.1, 0.15) is 11.6 Å². The second kappa shape index (κ2) is 10.4. The van der Waals surface area contributed by atoms with E-state index in [1.165, 1.54) is 8.61 Å². The Morgan fingerprint density at radius 3 is 2.43 bits per heavy atom. The average Bonchev–Trinajstić information content (AvgIpc) is 2.85. The third kappa shape index (κ3) is 5.62. The number of ether oxygens (including phenoxy) is 1. The molecule has 30 heavy (non-hydrogen) atoms. The molecule has 0 unspecified atom stereocenters. The van der Waals surface area contributed by atoms with Crippen molar-refractivity contribution in [2.24, 2.45) is 4.99 Å². The number of aliphatic imine (C=N–C) groups is 1. The number of piperazine rings is 1. The number of allylic oxidation sites excluding steroid dienone is 5. The Morgan fingerprint density at radius 1 is 1.30 bits per heavy atom. The van der Waals surface area contributed by atoms with Gasteiger partial charge < -0.3 is 9.64 Å². The summed E-state index contributed by atoms with van der Waals surface area (Å²) in [6.45, 7) is 12.2. The highest BCUT2D eigenvalue weighted by Gasteiger charge is 2.30. The smallest absolute Gasteiger partial charge is 0.281 e. The minimum atomic E-state index is -3.41. The summed E-state index contributed by atoms with van der Waals surface area (Å²) in [6, 6.07) is 0. The number of hydrogen-bond acceptors (Lipinski definition) is 5. The maximum atomic E-state index is 12.5. The van der Waals surface area contributed by atoms with E-state index in [0.29, 0.717) is 26.2 Å². The van der Waals surface area contributed by atoms with Crippen LogP contribution in [-0.2, 0) is 14.9 Å². The zero-order valence-corrected chi connectivity index (χ0v) is 20.0. The third-order valence-electron chi connectivity index (χ3n) is 5.35. The molecule has 0 aliphatic carbocycles. The summed E-state index contributed by atoms with van der Waals surface area (Å²) in [7, 11) is 1.37. The van der Waals surface area contributed by atoms with Crippen LogP contribution in [0.4, 0.5) is 0 Å². The predicted octanol–water partition coefficient (Wildman–Crippen LogP) is 3.32. The molecule has 0 radical (unpaired) electrons. The molecule has 1 fully saturated rings. The highest BCUT2D eigenvalue weighted by Crippen LogP contribution is 2.28. The molecule has 1 saturated heterocycles. The number of methoxy groups -OCH3 is 1. The van der Waals surface area contributed by atoms with Crippen LogP contribution in [0, 0.1) is 0 Å². The molecule has 0 bridgehead atoms. The van der Waals surface area contributed by atoms with E-state index in [1.54, 1.807) is 21.2 Å². The van der Waals surface area contributed by atoms with Gasteiger partial charge in [-0.1, -0.05) is 26.0 Å². The number of rotatable bonds is 8. The minimum Gasteiger partial charge on any atom is -0.496 e. The standard InChI is InChI=1S/C22H36N4O3S/c1-8-9-19-11-10-18(4)20(16-21(29-7)17(2)3)22(23-19)25-12-14-26(15-13-25)30(27,28)24(5)6/h10,16H,2,8-9,11-15H2,1,3-7H3/b21-16+. The highest BCUT2D eigenvalue weighted by molar-refractivity contribution is 7.86. The van der Waals surface area contributed by atoms with Crippen molar-refractivity contribution in [3.8, 4) is 0 Å². The van der Waals surface area contributed by atoms with Gasteiger partial charge in [0.25, 0.3) is 10.2 Å². The Balaban J connectivity index is 2.46. The molecule has 0 spiro atoms. The molecule has 0 amide bonds. The first kappa shape index (κ1) is 24.4. The van der Waals surface area contributed by atoms with Gasteiger partial charge in [0.05, 0.1) is 7.11 Å². The van der Waals surface area contributed by atoms with Crippen LogP contribution in [0.1, 0.15) is 40.0 Å². The van der Waals surface area contributed by atoms with E-state index in [9.17, 15) is 8.42 Å². The van der Waals surface area contributed by atoms with Gasteiger partial charge in [0.2, 0.25) is 0 Å². The van der Waals surface area contributed by atoms with Crippen LogP contribution in [0.2, 0.25) is 0 Å². The predicted molar refractivity (Wildman–Crippen MR) is 123 cm³/mol. The van der Waals surface area contributed by atoms with Crippen LogP contribution in [-0.4, -0.2) is 75.0 Å². The van der Waals surface area contributed by atoms with Crippen molar-refractivity contribution in [2.75, 3.05) is 47.4 Å². The van der Waals surface area contributed by atoms with Crippen molar-refractivity contribution in [2.45, 2.75) is 40.0 Å². The minimum absolute atomic E-state index is 0.431. The van der Waals surface area contributed by atoms with Gasteiger partial charge in [-0.15, -0.1) is 0 Å². The first-order chi connectivity index (χ1) is 14.1. The fourth-order valence-electron chi connectivity index (χ4n) is 3.53. The summed E-state index contributed by atoms with van der Waals surface area (Å²) >= 11 is 0. The Morgan fingerprint density at radius 2 is 1.93 bits per heavy atom. The summed E-state index contributed by atoms with van der Waals surface area (Å²) in [5, 5.41) is 0. The van der Waals surface area contributed by atoms with Crippen molar-refractivity contribution in [3.05, 3.63) is 47.0 Å². The first-order valence-corrected chi connectivity index (χ1v) is 11.8. The maximum absolute atomic E-state index is 12.5. The van der Waals surface area contributed by atoms with E-state index >= 15 is 0 Å². The van der Waals surface area contributed by atoms with Crippen LogP contribution in [0.15, 0.2) is 52.0 Å². The zero-order valence-electron chi connectivity index (χ0n) is 19.2. The molecule has 2 aliphatic rings. The van der Waals surface area contributed by atoms with Crippen molar-refractivity contribution in [1.29, 1.82) is 0 Å². The fourth-order valence-corrected chi connectivity index (χ4v) is 4.61. The maximum Gasteiger partial charge on any atom is 0.281 e. The largest absolute Gasteiger partial charge is 0.496 e. The molecule has 0 atom stereocenters. The molecule has 2 rings (SSSR count). The number of nitrogens with zero attached hydrogens (tertiary/aromatic N) is 4. The fraction of sp³-hybridized carbons (Fsp3) is 0.591. The molecular weight excluding hydrogens is 400 g/mol. The molecule has 8 heteroatoms. The summed E-state index contributed by atoms with van der Waals surface area (Å²) in [5.41, 5.74) is 4.14. The quantitative estimate of drug-likeness (QED) is 0.432. The average molecular weight is 437 g/mol. The second-order valence-electron chi connectivity index (χ2n) is 7.93. The van der Waals surface area contributed by atoms with Crippen molar-refractivity contribution in [1.82, 2.24) is 13.5 Å².